The van der Waals surface area contributed by atoms with E-state index in [2.05, 4.69) is 28.1 Å². The fraction of sp³-hybridized carbons (Fsp3) is 0.714. The Bertz CT molecular complexity index is 412. The van der Waals surface area contributed by atoms with E-state index in [1.54, 1.807) is 0 Å². The number of nitrogens with zero attached hydrogens (tertiary/aromatic N) is 4. The van der Waals surface area contributed by atoms with Crippen molar-refractivity contribution in [3.05, 3.63) is 18.0 Å². The summed E-state index contributed by atoms with van der Waals surface area (Å²) in [5.74, 6) is 0. The maximum Gasteiger partial charge on any atom is 0.0950 e. The Kier molecular flexibility index (Phi) is 4.38. The first-order chi connectivity index (χ1) is 8.70. The van der Waals surface area contributed by atoms with Crippen LogP contribution in [-0.2, 0) is 6.54 Å². The number of nitriles is 1. The maximum absolute atomic E-state index is 8.87. The molecule has 1 aromatic heterocycles. The summed E-state index contributed by atoms with van der Waals surface area (Å²) in [6.45, 7) is 2.66. The molecule has 0 N–H and O–H groups in total. The Morgan fingerprint density at radius 1 is 1.50 bits per heavy atom. The molecule has 0 amide bonds. The number of hydrogen-bond donors (Lipinski definition) is 0. The van der Waals surface area contributed by atoms with Crippen LogP contribution >= 0.6 is 0 Å². The first-order valence-electron chi connectivity index (χ1n) is 6.84. The molecular formula is C14H22N4. The minimum Gasteiger partial charge on any atom is -0.285 e. The van der Waals surface area contributed by atoms with Crippen molar-refractivity contribution in [3.63, 3.8) is 0 Å². The van der Waals surface area contributed by atoms with Gasteiger partial charge in [-0.05, 0) is 32.9 Å². The molecule has 1 fully saturated rings. The van der Waals surface area contributed by atoms with Gasteiger partial charge in [0, 0.05) is 12.7 Å². The second-order valence-corrected chi connectivity index (χ2v) is 5.30. The fourth-order valence-electron chi connectivity index (χ4n) is 2.50. The minimum absolute atomic E-state index is 0.0650. The lowest BCUT2D eigenvalue weighted by atomic mass is 9.96. The molecule has 2 rings (SSSR count). The molecule has 18 heavy (non-hydrogen) atoms. The van der Waals surface area contributed by atoms with Crippen molar-refractivity contribution in [1.29, 1.82) is 5.26 Å². The quantitative estimate of drug-likeness (QED) is 0.820. The van der Waals surface area contributed by atoms with Crippen molar-refractivity contribution in [2.75, 3.05) is 7.05 Å². The van der Waals surface area contributed by atoms with E-state index >= 15 is 0 Å². The highest BCUT2D eigenvalue weighted by atomic mass is 15.3. The Morgan fingerprint density at radius 3 is 2.89 bits per heavy atom. The second-order valence-electron chi connectivity index (χ2n) is 5.30. The topological polar surface area (TPSA) is 44.9 Å². The molecule has 4 nitrogen and oxygen atoms in total. The van der Waals surface area contributed by atoms with Gasteiger partial charge in [-0.25, -0.2) is 0 Å². The minimum atomic E-state index is -0.0650. The van der Waals surface area contributed by atoms with Gasteiger partial charge < -0.3 is 0 Å². The van der Waals surface area contributed by atoms with E-state index in [1.165, 1.54) is 32.1 Å². The van der Waals surface area contributed by atoms with E-state index in [9.17, 15) is 0 Å². The fourth-order valence-corrected chi connectivity index (χ4v) is 2.50. The van der Waals surface area contributed by atoms with Gasteiger partial charge in [-0.3, -0.25) is 9.58 Å². The van der Waals surface area contributed by atoms with Crippen molar-refractivity contribution >= 4 is 0 Å². The molecule has 1 saturated carbocycles. The Labute approximate surface area is 109 Å². The molecule has 0 aromatic carbocycles. The summed E-state index contributed by atoms with van der Waals surface area (Å²) in [5, 5.41) is 13.5. The van der Waals surface area contributed by atoms with Crippen LogP contribution in [0.3, 0.4) is 0 Å². The van der Waals surface area contributed by atoms with Gasteiger partial charge in [0.25, 0.3) is 0 Å². The largest absolute Gasteiger partial charge is 0.285 e. The van der Waals surface area contributed by atoms with E-state index in [4.69, 9.17) is 5.26 Å². The summed E-state index contributed by atoms with van der Waals surface area (Å²) >= 11 is 0. The molecular weight excluding hydrogens is 224 g/mol. The molecule has 0 radical (unpaired) electrons. The van der Waals surface area contributed by atoms with Crippen LogP contribution < -0.4 is 0 Å². The number of hydrogen-bond acceptors (Lipinski definition) is 3. The van der Waals surface area contributed by atoms with Crippen molar-refractivity contribution in [3.8, 4) is 6.07 Å². The highest BCUT2D eigenvalue weighted by Crippen LogP contribution is 2.27. The summed E-state index contributed by atoms with van der Waals surface area (Å²) < 4.78 is 2.12. The highest BCUT2D eigenvalue weighted by Gasteiger charge is 2.16. The average molecular weight is 246 g/mol. The smallest absolute Gasteiger partial charge is 0.0950 e. The van der Waals surface area contributed by atoms with Gasteiger partial charge in [0.05, 0.1) is 23.8 Å². The molecule has 1 aliphatic carbocycles. The number of aromatic nitrogens is 2. The molecule has 1 atom stereocenters. The molecule has 0 bridgehead atoms. The Balaban J connectivity index is 1.95. The van der Waals surface area contributed by atoms with Crippen LogP contribution in [0, 0.1) is 11.3 Å². The molecule has 1 heterocycles. The van der Waals surface area contributed by atoms with Crippen LogP contribution in [0.25, 0.3) is 0 Å². The summed E-state index contributed by atoms with van der Waals surface area (Å²) in [6, 6.07) is 4.85. The van der Waals surface area contributed by atoms with E-state index in [1.807, 2.05) is 18.9 Å². The van der Waals surface area contributed by atoms with E-state index < -0.39 is 0 Å². The van der Waals surface area contributed by atoms with E-state index in [-0.39, 0.29) is 6.04 Å². The third kappa shape index (κ3) is 3.11. The van der Waals surface area contributed by atoms with E-state index in [0.29, 0.717) is 6.04 Å². The van der Waals surface area contributed by atoms with Crippen molar-refractivity contribution < 1.29 is 0 Å². The third-order valence-electron chi connectivity index (χ3n) is 3.87. The lowest BCUT2D eigenvalue weighted by Gasteiger charge is -2.22. The van der Waals surface area contributed by atoms with Crippen molar-refractivity contribution in [2.24, 2.45) is 0 Å². The zero-order valence-electron chi connectivity index (χ0n) is 11.3. The van der Waals surface area contributed by atoms with Crippen LogP contribution in [0.2, 0.25) is 0 Å². The van der Waals surface area contributed by atoms with Crippen LogP contribution in [0.1, 0.15) is 50.8 Å². The van der Waals surface area contributed by atoms with Gasteiger partial charge in [0.15, 0.2) is 0 Å². The Morgan fingerprint density at radius 2 is 2.22 bits per heavy atom. The Hall–Kier alpha value is -1.34. The normalized spacial score (nSPS) is 18.8. The summed E-state index contributed by atoms with van der Waals surface area (Å²) in [5.41, 5.74) is 1.06. The summed E-state index contributed by atoms with van der Waals surface area (Å²) in [6.07, 6.45) is 8.62. The van der Waals surface area contributed by atoms with Gasteiger partial charge in [0.2, 0.25) is 0 Å². The van der Waals surface area contributed by atoms with Crippen LogP contribution in [0.5, 0.6) is 0 Å². The molecule has 0 spiro atoms. The van der Waals surface area contributed by atoms with Gasteiger partial charge >= 0.3 is 0 Å². The lowest BCUT2D eigenvalue weighted by molar-refractivity contribution is 0.284. The van der Waals surface area contributed by atoms with Crippen molar-refractivity contribution in [1.82, 2.24) is 14.7 Å². The predicted octanol–water partition coefficient (Wildman–Crippen LogP) is 2.73. The molecule has 1 unspecified atom stereocenters. The lowest BCUT2D eigenvalue weighted by Crippen LogP contribution is -2.27. The SMILES string of the molecule is CC(C#N)N(C)Cc1ccn(C2CCCCC2)n1. The first-order valence-corrected chi connectivity index (χ1v) is 6.84. The van der Waals surface area contributed by atoms with E-state index in [0.717, 1.165) is 12.2 Å². The third-order valence-corrected chi connectivity index (χ3v) is 3.87. The molecule has 1 aromatic rings. The highest BCUT2D eigenvalue weighted by molar-refractivity contribution is 5.01. The zero-order chi connectivity index (χ0) is 13.0. The van der Waals surface area contributed by atoms with Crippen LogP contribution in [0.15, 0.2) is 12.3 Å². The van der Waals surface area contributed by atoms with Gasteiger partial charge in [-0.1, -0.05) is 19.3 Å². The van der Waals surface area contributed by atoms with Gasteiger partial charge in [-0.15, -0.1) is 0 Å². The summed E-state index contributed by atoms with van der Waals surface area (Å²) in [7, 11) is 1.97. The van der Waals surface area contributed by atoms with Crippen LogP contribution in [0.4, 0.5) is 0 Å². The van der Waals surface area contributed by atoms with Gasteiger partial charge in [-0.2, -0.15) is 10.4 Å². The van der Waals surface area contributed by atoms with Crippen molar-refractivity contribution in [2.45, 2.75) is 57.7 Å². The summed E-state index contributed by atoms with van der Waals surface area (Å²) in [4.78, 5) is 2.02. The molecule has 98 valence electrons. The zero-order valence-corrected chi connectivity index (χ0v) is 11.3. The first kappa shape index (κ1) is 13.1. The van der Waals surface area contributed by atoms with Crippen LogP contribution in [-0.4, -0.2) is 27.8 Å². The maximum atomic E-state index is 8.87. The average Bonchev–Trinajstić information content (AvgIpc) is 2.87. The molecule has 4 heteroatoms. The van der Waals surface area contributed by atoms with Gasteiger partial charge in [0.1, 0.15) is 0 Å². The standard InChI is InChI=1S/C14H22N4/c1-12(10-15)17(2)11-13-8-9-18(16-13)14-6-4-3-5-7-14/h8-9,12,14H,3-7,11H2,1-2H3. The molecule has 0 aliphatic heterocycles. The second kappa shape index (κ2) is 6.01. The monoisotopic (exact) mass is 246 g/mol. The number of rotatable bonds is 4. The molecule has 1 aliphatic rings. The molecule has 0 saturated heterocycles. The predicted molar refractivity (Wildman–Crippen MR) is 70.9 cm³/mol.